The van der Waals surface area contributed by atoms with Crippen LogP contribution in [-0.2, 0) is 14.9 Å². The summed E-state index contributed by atoms with van der Waals surface area (Å²) in [6, 6.07) is 0. The molecule has 0 radical (unpaired) electrons. The van der Waals surface area contributed by atoms with Gasteiger partial charge in [-0.3, -0.25) is 4.79 Å². The van der Waals surface area contributed by atoms with E-state index in [4.69, 9.17) is 9.84 Å². The number of carboxylic acid groups (broad SMARTS) is 1. The van der Waals surface area contributed by atoms with Crippen molar-refractivity contribution in [1.29, 1.82) is 0 Å². The van der Waals surface area contributed by atoms with Crippen LogP contribution in [0.5, 0.6) is 0 Å². The number of nitrogens with one attached hydrogen (secondary N) is 1. The molecule has 0 saturated carbocycles. The molecule has 0 aliphatic carbocycles. The Morgan fingerprint density at radius 2 is 2.05 bits per heavy atom. The van der Waals surface area contributed by atoms with Crippen molar-refractivity contribution in [2.45, 2.75) is 33.1 Å². The van der Waals surface area contributed by atoms with Crippen molar-refractivity contribution in [2.75, 3.05) is 19.8 Å². The van der Waals surface area contributed by atoms with Crippen LogP contribution in [0.25, 0.3) is 0 Å². The van der Waals surface area contributed by atoms with E-state index >= 15 is 0 Å². The number of hydrogen-bond acceptors (Lipinski definition) is 5. The third kappa shape index (κ3) is 4.90. The molecular weight excluding hydrogens is 280 g/mol. The zero-order valence-corrected chi connectivity index (χ0v) is 13.0. The molecule has 1 aromatic heterocycles. The number of carbonyl (C=O) groups excluding carboxylic acids is 1. The maximum Gasteiger partial charge on any atom is 0.329 e. The zero-order valence-electron chi connectivity index (χ0n) is 12.1. The molecule has 0 bridgehead atoms. The van der Waals surface area contributed by atoms with Gasteiger partial charge in [-0.1, -0.05) is 20.8 Å². The minimum Gasteiger partial charge on any atom is -0.480 e. The number of aromatic nitrogens is 1. The molecule has 0 saturated heterocycles. The van der Waals surface area contributed by atoms with E-state index in [0.717, 1.165) is 5.01 Å². The summed E-state index contributed by atoms with van der Waals surface area (Å²) in [7, 11) is 0. The van der Waals surface area contributed by atoms with Crippen LogP contribution in [0, 0.1) is 6.92 Å². The highest BCUT2D eigenvalue weighted by Crippen LogP contribution is 2.28. The minimum absolute atomic E-state index is 0.0848. The van der Waals surface area contributed by atoms with Gasteiger partial charge in [-0.2, -0.15) is 0 Å². The first-order chi connectivity index (χ1) is 9.21. The van der Waals surface area contributed by atoms with Gasteiger partial charge in [-0.05, 0) is 6.92 Å². The number of thiazole rings is 1. The van der Waals surface area contributed by atoms with E-state index in [2.05, 4.69) is 10.3 Å². The lowest BCUT2D eigenvalue weighted by Gasteiger charge is -2.13. The summed E-state index contributed by atoms with van der Waals surface area (Å²) in [5.74, 6) is -1.22. The van der Waals surface area contributed by atoms with E-state index in [1.807, 2.05) is 27.7 Å². The first-order valence-corrected chi connectivity index (χ1v) is 7.09. The summed E-state index contributed by atoms with van der Waals surface area (Å²) in [5.41, 5.74) is 0.627. The van der Waals surface area contributed by atoms with Crippen LogP contribution in [0.4, 0.5) is 0 Å². The second kappa shape index (κ2) is 6.81. The molecule has 6 nitrogen and oxygen atoms in total. The monoisotopic (exact) mass is 300 g/mol. The standard InChI is InChI=1S/C13H20N2O4S/c1-8-10(20-12(15-8)13(2,3)4)11(18)14-5-6-19-7-9(16)17/h5-7H2,1-4H3,(H,14,18)(H,16,17). The van der Waals surface area contributed by atoms with E-state index < -0.39 is 5.97 Å². The Labute approximate surface area is 122 Å². The maximum atomic E-state index is 12.0. The molecule has 2 N–H and O–H groups in total. The number of aryl methyl sites for hydroxylation is 1. The Morgan fingerprint density at radius 3 is 2.55 bits per heavy atom. The number of hydrogen-bond donors (Lipinski definition) is 2. The van der Waals surface area contributed by atoms with Crippen LogP contribution in [0.15, 0.2) is 0 Å². The molecule has 1 rings (SSSR count). The Morgan fingerprint density at radius 1 is 1.40 bits per heavy atom. The van der Waals surface area contributed by atoms with Crippen molar-refractivity contribution in [3.8, 4) is 0 Å². The number of ether oxygens (including phenoxy) is 1. The lowest BCUT2D eigenvalue weighted by molar-refractivity contribution is -0.142. The van der Waals surface area contributed by atoms with Gasteiger partial charge in [0.15, 0.2) is 0 Å². The molecule has 0 spiro atoms. The molecule has 7 heteroatoms. The van der Waals surface area contributed by atoms with Gasteiger partial charge in [0.1, 0.15) is 11.5 Å². The molecular formula is C13H20N2O4S. The van der Waals surface area contributed by atoms with Crippen LogP contribution in [0.2, 0.25) is 0 Å². The summed E-state index contributed by atoms with van der Waals surface area (Å²) >= 11 is 1.39. The second-order valence-electron chi connectivity index (χ2n) is 5.39. The largest absolute Gasteiger partial charge is 0.480 e. The van der Waals surface area contributed by atoms with Crippen molar-refractivity contribution in [1.82, 2.24) is 10.3 Å². The fourth-order valence-electron chi connectivity index (χ4n) is 1.40. The van der Waals surface area contributed by atoms with Gasteiger partial charge in [-0.15, -0.1) is 11.3 Å². The molecule has 1 heterocycles. The zero-order chi connectivity index (χ0) is 15.3. The molecule has 0 aliphatic heterocycles. The Kier molecular flexibility index (Phi) is 5.64. The van der Waals surface area contributed by atoms with Crippen LogP contribution < -0.4 is 5.32 Å². The maximum absolute atomic E-state index is 12.0. The normalized spacial score (nSPS) is 11.4. The van der Waals surface area contributed by atoms with Crippen LogP contribution in [0.1, 0.15) is 41.1 Å². The topological polar surface area (TPSA) is 88.5 Å². The number of rotatable bonds is 6. The lowest BCUT2D eigenvalue weighted by atomic mass is 9.98. The smallest absolute Gasteiger partial charge is 0.329 e. The van der Waals surface area contributed by atoms with E-state index in [0.29, 0.717) is 10.6 Å². The molecule has 0 aromatic carbocycles. The van der Waals surface area contributed by atoms with Crippen LogP contribution >= 0.6 is 11.3 Å². The highest BCUT2D eigenvalue weighted by Gasteiger charge is 2.22. The molecule has 0 fully saturated rings. The van der Waals surface area contributed by atoms with E-state index in [1.165, 1.54) is 11.3 Å². The molecule has 0 atom stereocenters. The summed E-state index contributed by atoms with van der Waals surface area (Å²) in [6.07, 6.45) is 0. The van der Waals surface area contributed by atoms with Gasteiger partial charge in [0.25, 0.3) is 5.91 Å². The van der Waals surface area contributed by atoms with Crippen molar-refractivity contribution in [2.24, 2.45) is 0 Å². The molecule has 0 unspecified atom stereocenters. The SMILES string of the molecule is Cc1nc(C(C)(C)C)sc1C(=O)NCCOCC(=O)O. The lowest BCUT2D eigenvalue weighted by Crippen LogP contribution is -2.27. The minimum atomic E-state index is -1.02. The summed E-state index contributed by atoms with van der Waals surface area (Å²) in [6.45, 7) is 8.04. The third-order valence-electron chi connectivity index (χ3n) is 2.40. The number of carbonyl (C=O) groups is 2. The number of nitrogens with zero attached hydrogens (tertiary/aromatic N) is 1. The van der Waals surface area contributed by atoms with E-state index in [9.17, 15) is 9.59 Å². The summed E-state index contributed by atoms with van der Waals surface area (Å²) in [4.78, 5) is 27.2. The van der Waals surface area contributed by atoms with Gasteiger partial charge in [-0.25, -0.2) is 9.78 Å². The van der Waals surface area contributed by atoms with Gasteiger partial charge < -0.3 is 15.2 Å². The summed E-state index contributed by atoms with van der Waals surface area (Å²) < 4.78 is 4.84. The van der Waals surface area contributed by atoms with Crippen molar-refractivity contribution in [3.05, 3.63) is 15.6 Å². The highest BCUT2D eigenvalue weighted by atomic mass is 32.1. The average Bonchev–Trinajstić information content (AvgIpc) is 2.70. The van der Waals surface area contributed by atoms with Gasteiger partial charge in [0.05, 0.1) is 17.3 Å². The average molecular weight is 300 g/mol. The van der Waals surface area contributed by atoms with E-state index in [1.54, 1.807) is 0 Å². The Balaban J connectivity index is 2.52. The molecule has 20 heavy (non-hydrogen) atoms. The quantitative estimate of drug-likeness (QED) is 0.779. The van der Waals surface area contributed by atoms with Crippen LogP contribution in [-0.4, -0.2) is 41.7 Å². The van der Waals surface area contributed by atoms with Crippen molar-refractivity contribution < 1.29 is 19.4 Å². The van der Waals surface area contributed by atoms with Gasteiger partial charge in [0.2, 0.25) is 0 Å². The van der Waals surface area contributed by atoms with Crippen molar-refractivity contribution >= 4 is 23.2 Å². The Hall–Kier alpha value is -1.47. The fourth-order valence-corrected chi connectivity index (χ4v) is 2.44. The number of carboxylic acids is 1. The van der Waals surface area contributed by atoms with Crippen LogP contribution in [0.3, 0.4) is 0 Å². The number of amides is 1. The summed E-state index contributed by atoms with van der Waals surface area (Å²) in [5, 5.41) is 12.0. The predicted molar refractivity (Wildman–Crippen MR) is 76.3 cm³/mol. The van der Waals surface area contributed by atoms with Gasteiger partial charge in [0, 0.05) is 12.0 Å². The first-order valence-electron chi connectivity index (χ1n) is 6.27. The predicted octanol–water partition coefficient (Wildman–Crippen LogP) is 1.58. The molecule has 1 amide bonds. The number of aliphatic carboxylic acids is 1. The molecule has 112 valence electrons. The molecule has 1 aromatic rings. The Bertz CT molecular complexity index is 491. The fraction of sp³-hybridized carbons (Fsp3) is 0.615. The van der Waals surface area contributed by atoms with Crippen molar-refractivity contribution in [3.63, 3.8) is 0 Å². The molecule has 0 aliphatic rings. The van der Waals surface area contributed by atoms with Gasteiger partial charge >= 0.3 is 5.97 Å². The second-order valence-corrected chi connectivity index (χ2v) is 6.38. The first kappa shape index (κ1) is 16.6. The van der Waals surface area contributed by atoms with E-state index in [-0.39, 0.29) is 31.1 Å². The highest BCUT2D eigenvalue weighted by molar-refractivity contribution is 7.14. The third-order valence-corrected chi connectivity index (χ3v) is 3.98.